The molecular formula is C7H10BNO3. The van der Waals surface area contributed by atoms with Gasteiger partial charge in [0.15, 0.2) is 0 Å². The Kier molecular flexibility index (Phi) is 3.07. The first-order valence-corrected chi connectivity index (χ1v) is 3.70. The van der Waals surface area contributed by atoms with Crippen LogP contribution < -0.4 is 4.65 Å². The van der Waals surface area contributed by atoms with Crippen LogP contribution in [0.4, 0.5) is 0 Å². The van der Waals surface area contributed by atoms with E-state index >= 15 is 0 Å². The summed E-state index contributed by atoms with van der Waals surface area (Å²) < 4.78 is 4.68. The number of rotatable bonds is 3. The molecule has 1 rings (SSSR count). The molecule has 0 radical (unpaired) electrons. The Morgan fingerprint density at radius 1 is 1.58 bits per heavy atom. The Balaban J connectivity index is 2.82. The highest BCUT2D eigenvalue weighted by Crippen LogP contribution is 2.15. The third kappa shape index (κ3) is 2.22. The Morgan fingerprint density at radius 2 is 2.33 bits per heavy atom. The van der Waals surface area contributed by atoms with Crippen molar-refractivity contribution >= 4 is 7.32 Å². The molecule has 0 aliphatic heterocycles. The summed E-state index contributed by atoms with van der Waals surface area (Å²) >= 11 is 0. The predicted octanol–water partition coefficient (Wildman–Crippen LogP) is -0.00770. The number of aryl methyl sites for hydroxylation is 1. The van der Waals surface area contributed by atoms with Gasteiger partial charge in [0.05, 0.1) is 5.69 Å². The standard InChI is InChI=1S/C7H10BNO3/c1-2-6-7(12-8(10)11)4-3-5-9-6/h3-5,10-11H,2H2,1H3. The average molecular weight is 167 g/mol. The highest BCUT2D eigenvalue weighted by atomic mass is 16.6. The van der Waals surface area contributed by atoms with Crippen LogP contribution >= 0.6 is 0 Å². The van der Waals surface area contributed by atoms with Crippen molar-refractivity contribution in [3.63, 3.8) is 0 Å². The van der Waals surface area contributed by atoms with Gasteiger partial charge in [-0.2, -0.15) is 0 Å². The summed E-state index contributed by atoms with van der Waals surface area (Å²) in [6.07, 6.45) is 2.33. The van der Waals surface area contributed by atoms with E-state index in [2.05, 4.69) is 9.64 Å². The lowest BCUT2D eigenvalue weighted by Gasteiger charge is -2.07. The fourth-order valence-corrected chi connectivity index (χ4v) is 0.910. The second-order valence-electron chi connectivity index (χ2n) is 2.25. The third-order valence-corrected chi connectivity index (χ3v) is 1.42. The van der Waals surface area contributed by atoms with E-state index in [9.17, 15) is 0 Å². The lowest BCUT2D eigenvalue weighted by molar-refractivity contribution is 0.286. The highest BCUT2D eigenvalue weighted by molar-refractivity contribution is 6.33. The second-order valence-corrected chi connectivity index (χ2v) is 2.25. The van der Waals surface area contributed by atoms with Crippen LogP contribution in [0.25, 0.3) is 0 Å². The summed E-state index contributed by atoms with van der Waals surface area (Å²) in [5, 5.41) is 17.1. The fraction of sp³-hybridized carbons (Fsp3) is 0.286. The van der Waals surface area contributed by atoms with Crippen LogP contribution in [0.1, 0.15) is 12.6 Å². The van der Waals surface area contributed by atoms with Crippen molar-refractivity contribution in [2.24, 2.45) is 0 Å². The lowest BCUT2D eigenvalue weighted by atomic mass is 10.2. The van der Waals surface area contributed by atoms with Gasteiger partial charge >= 0.3 is 7.32 Å². The minimum Gasteiger partial charge on any atom is -0.510 e. The molecule has 0 aromatic carbocycles. The van der Waals surface area contributed by atoms with Gasteiger partial charge in [-0.3, -0.25) is 4.98 Å². The van der Waals surface area contributed by atoms with Gasteiger partial charge in [0.25, 0.3) is 0 Å². The fourth-order valence-electron chi connectivity index (χ4n) is 0.910. The van der Waals surface area contributed by atoms with Crippen molar-refractivity contribution in [2.45, 2.75) is 13.3 Å². The Morgan fingerprint density at radius 3 is 2.92 bits per heavy atom. The zero-order chi connectivity index (χ0) is 8.97. The summed E-state index contributed by atoms with van der Waals surface area (Å²) in [6.45, 7) is 1.92. The van der Waals surface area contributed by atoms with E-state index in [1.807, 2.05) is 6.92 Å². The molecule has 0 aliphatic rings. The summed E-state index contributed by atoms with van der Waals surface area (Å²) in [5.74, 6) is 0.412. The maximum atomic E-state index is 8.53. The minimum absolute atomic E-state index is 0.412. The Hall–Kier alpha value is -1.07. The molecule has 0 spiro atoms. The quantitative estimate of drug-likeness (QED) is 0.621. The van der Waals surface area contributed by atoms with Crippen LogP contribution in [0.2, 0.25) is 0 Å². The van der Waals surface area contributed by atoms with Crippen molar-refractivity contribution in [2.75, 3.05) is 0 Å². The van der Waals surface area contributed by atoms with Gasteiger partial charge in [-0.15, -0.1) is 0 Å². The van der Waals surface area contributed by atoms with E-state index in [-0.39, 0.29) is 0 Å². The van der Waals surface area contributed by atoms with E-state index in [1.165, 1.54) is 0 Å². The third-order valence-electron chi connectivity index (χ3n) is 1.42. The first-order valence-electron chi connectivity index (χ1n) is 3.70. The van der Waals surface area contributed by atoms with E-state index in [1.54, 1.807) is 18.3 Å². The largest absolute Gasteiger partial charge is 0.707 e. The molecular weight excluding hydrogens is 157 g/mol. The Bertz CT molecular complexity index is 254. The first-order chi connectivity index (χ1) is 5.74. The Labute approximate surface area is 71.0 Å². The number of hydrogen-bond donors (Lipinski definition) is 2. The smallest absolute Gasteiger partial charge is 0.510 e. The molecule has 0 aliphatic carbocycles. The molecule has 0 unspecified atom stereocenters. The molecule has 0 saturated heterocycles. The van der Waals surface area contributed by atoms with Gasteiger partial charge < -0.3 is 14.7 Å². The van der Waals surface area contributed by atoms with Crippen molar-refractivity contribution in [1.82, 2.24) is 4.98 Å². The van der Waals surface area contributed by atoms with Crippen LogP contribution in [0.5, 0.6) is 5.75 Å². The molecule has 2 N–H and O–H groups in total. The normalized spacial score (nSPS) is 9.58. The number of nitrogens with zero attached hydrogens (tertiary/aromatic N) is 1. The van der Waals surface area contributed by atoms with Crippen molar-refractivity contribution in [3.8, 4) is 5.75 Å². The van der Waals surface area contributed by atoms with Crippen molar-refractivity contribution < 1.29 is 14.7 Å². The molecule has 0 fully saturated rings. The van der Waals surface area contributed by atoms with E-state index < -0.39 is 7.32 Å². The predicted molar refractivity (Wildman–Crippen MR) is 44.4 cm³/mol. The number of pyridine rings is 1. The van der Waals surface area contributed by atoms with Crippen LogP contribution in [-0.2, 0) is 6.42 Å². The summed E-state index contributed by atoms with van der Waals surface area (Å²) in [7, 11) is -1.78. The number of aromatic nitrogens is 1. The zero-order valence-corrected chi connectivity index (χ0v) is 6.77. The second kappa shape index (κ2) is 4.08. The van der Waals surface area contributed by atoms with Gasteiger partial charge in [-0.1, -0.05) is 6.92 Å². The molecule has 0 bridgehead atoms. The van der Waals surface area contributed by atoms with Crippen LogP contribution in [0.3, 0.4) is 0 Å². The average Bonchev–Trinajstić information content (AvgIpc) is 2.04. The van der Waals surface area contributed by atoms with Crippen molar-refractivity contribution in [3.05, 3.63) is 24.0 Å². The lowest BCUT2D eigenvalue weighted by Crippen LogP contribution is -2.21. The van der Waals surface area contributed by atoms with Crippen LogP contribution in [0, 0.1) is 0 Å². The molecule has 1 aromatic heterocycles. The molecule has 4 nitrogen and oxygen atoms in total. The number of hydrogen-bond acceptors (Lipinski definition) is 4. The zero-order valence-electron chi connectivity index (χ0n) is 6.77. The molecule has 12 heavy (non-hydrogen) atoms. The highest BCUT2D eigenvalue weighted by Gasteiger charge is 2.13. The molecule has 0 saturated carbocycles. The van der Waals surface area contributed by atoms with Crippen LogP contribution in [-0.4, -0.2) is 22.4 Å². The summed E-state index contributed by atoms with van der Waals surface area (Å²) in [5.41, 5.74) is 0.714. The first kappa shape index (κ1) is 9.03. The SMILES string of the molecule is CCc1ncccc1OB(O)O. The maximum absolute atomic E-state index is 8.53. The van der Waals surface area contributed by atoms with E-state index in [0.29, 0.717) is 17.9 Å². The molecule has 0 atom stereocenters. The van der Waals surface area contributed by atoms with Gasteiger partial charge in [0, 0.05) is 6.20 Å². The van der Waals surface area contributed by atoms with Crippen LogP contribution in [0.15, 0.2) is 18.3 Å². The molecule has 1 heterocycles. The molecule has 0 amide bonds. The summed E-state index contributed by atoms with van der Waals surface area (Å²) in [4.78, 5) is 4.00. The molecule has 1 aromatic rings. The molecule has 64 valence electrons. The van der Waals surface area contributed by atoms with Gasteiger partial charge in [-0.25, -0.2) is 0 Å². The monoisotopic (exact) mass is 167 g/mol. The summed E-state index contributed by atoms with van der Waals surface area (Å²) in [6, 6.07) is 3.32. The minimum atomic E-state index is -1.78. The van der Waals surface area contributed by atoms with E-state index in [0.717, 1.165) is 0 Å². The van der Waals surface area contributed by atoms with Gasteiger partial charge in [0.2, 0.25) is 0 Å². The van der Waals surface area contributed by atoms with E-state index in [4.69, 9.17) is 10.0 Å². The van der Waals surface area contributed by atoms with Gasteiger partial charge in [0.1, 0.15) is 5.75 Å². The van der Waals surface area contributed by atoms with Gasteiger partial charge in [-0.05, 0) is 18.6 Å². The molecule has 5 heteroatoms. The maximum Gasteiger partial charge on any atom is 0.707 e. The van der Waals surface area contributed by atoms with Crippen molar-refractivity contribution in [1.29, 1.82) is 0 Å². The topological polar surface area (TPSA) is 62.6 Å².